The number of rotatable bonds is 4. The zero-order chi connectivity index (χ0) is 14.9. The number of aromatic nitrogens is 3. The van der Waals surface area contributed by atoms with Crippen LogP contribution >= 0.6 is 0 Å². The van der Waals surface area contributed by atoms with E-state index in [1.54, 1.807) is 16.9 Å². The molecule has 0 radical (unpaired) electrons. The van der Waals surface area contributed by atoms with Crippen LogP contribution in [0, 0.1) is 5.92 Å². The van der Waals surface area contributed by atoms with Gasteiger partial charge in [-0.1, -0.05) is 6.07 Å². The largest absolute Gasteiger partial charge is 0.298 e. The average molecular weight is 296 g/mol. The van der Waals surface area contributed by atoms with E-state index in [4.69, 9.17) is 0 Å². The van der Waals surface area contributed by atoms with Crippen LogP contribution < -0.4 is 5.56 Å². The molecule has 2 aliphatic rings. The predicted octanol–water partition coefficient (Wildman–Crippen LogP) is 1.26. The van der Waals surface area contributed by atoms with Crippen molar-refractivity contribution in [3.05, 3.63) is 57.8 Å². The van der Waals surface area contributed by atoms with Gasteiger partial charge in [-0.2, -0.15) is 5.10 Å². The van der Waals surface area contributed by atoms with Crippen molar-refractivity contribution in [3.8, 4) is 0 Å². The number of hydrogen-bond acceptors (Lipinski definition) is 4. The summed E-state index contributed by atoms with van der Waals surface area (Å²) in [5.74, 6) is 0.529. The van der Waals surface area contributed by atoms with Crippen LogP contribution in [0.5, 0.6) is 0 Å². The zero-order valence-corrected chi connectivity index (χ0v) is 12.6. The Morgan fingerprint density at radius 2 is 2.18 bits per heavy atom. The molecule has 1 saturated heterocycles. The molecule has 1 fully saturated rings. The summed E-state index contributed by atoms with van der Waals surface area (Å²) < 4.78 is 1.68. The van der Waals surface area contributed by atoms with E-state index in [-0.39, 0.29) is 5.56 Å². The van der Waals surface area contributed by atoms with Gasteiger partial charge in [-0.25, -0.2) is 4.68 Å². The number of likely N-dealkylation sites (tertiary alicyclic amines) is 1. The van der Waals surface area contributed by atoms with E-state index in [1.807, 2.05) is 12.3 Å². The zero-order valence-electron chi connectivity index (χ0n) is 12.6. The third kappa shape index (κ3) is 2.68. The Hall–Kier alpha value is -2.01. The fourth-order valence-electron chi connectivity index (χ4n) is 3.49. The summed E-state index contributed by atoms with van der Waals surface area (Å²) >= 11 is 0. The Balaban J connectivity index is 1.36. The maximum atomic E-state index is 12.1. The highest BCUT2D eigenvalue weighted by atomic mass is 16.1. The molecule has 0 spiro atoms. The van der Waals surface area contributed by atoms with Crippen molar-refractivity contribution in [1.82, 2.24) is 19.7 Å². The van der Waals surface area contributed by atoms with E-state index in [9.17, 15) is 4.79 Å². The molecule has 0 aromatic carbocycles. The van der Waals surface area contributed by atoms with Crippen LogP contribution in [0.4, 0.5) is 0 Å². The normalized spacial score (nSPS) is 18.2. The third-order valence-corrected chi connectivity index (χ3v) is 4.62. The fourth-order valence-corrected chi connectivity index (χ4v) is 3.49. The second kappa shape index (κ2) is 5.65. The highest BCUT2D eigenvalue weighted by molar-refractivity contribution is 5.22. The first kappa shape index (κ1) is 13.6. The lowest BCUT2D eigenvalue weighted by molar-refractivity contribution is 0.0764. The number of nitrogens with zero attached hydrogens (tertiary/aromatic N) is 4. The van der Waals surface area contributed by atoms with Crippen LogP contribution in [0.3, 0.4) is 0 Å². The van der Waals surface area contributed by atoms with Crippen molar-refractivity contribution in [2.45, 2.75) is 32.4 Å². The Bertz CT molecular complexity index is 719. The highest BCUT2D eigenvalue weighted by Gasteiger charge is 2.28. The molecule has 1 aliphatic heterocycles. The van der Waals surface area contributed by atoms with Gasteiger partial charge >= 0.3 is 0 Å². The molecule has 0 atom stereocenters. The van der Waals surface area contributed by atoms with E-state index in [2.05, 4.69) is 21.0 Å². The number of hydrogen-bond donors (Lipinski definition) is 0. The molecule has 3 heterocycles. The van der Waals surface area contributed by atoms with Gasteiger partial charge < -0.3 is 0 Å². The van der Waals surface area contributed by atoms with E-state index >= 15 is 0 Å². The summed E-state index contributed by atoms with van der Waals surface area (Å²) in [6.45, 7) is 3.74. The third-order valence-electron chi connectivity index (χ3n) is 4.62. The summed E-state index contributed by atoms with van der Waals surface area (Å²) in [6, 6.07) is 5.87. The topological polar surface area (TPSA) is 51.0 Å². The minimum absolute atomic E-state index is 0.0614. The number of fused-ring (bicyclic) bond motifs is 1. The minimum Gasteiger partial charge on any atom is -0.298 e. The molecule has 0 amide bonds. The molecule has 5 nitrogen and oxygen atoms in total. The van der Waals surface area contributed by atoms with Gasteiger partial charge in [-0.05, 0) is 36.5 Å². The van der Waals surface area contributed by atoms with Crippen molar-refractivity contribution >= 4 is 0 Å². The first-order chi connectivity index (χ1) is 10.8. The molecule has 2 aromatic rings. The highest BCUT2D eigenvalue weighted by Crippen LogP contribution is 2.21. The Morgan fingerprint density at radius 1 is 1.27 bits per heavy atom. The van der Waals surface area contributed by atoms with Gasteiger partial charge in [0.25, 0.3) is 5.56 Å². The molecule has 1 aliphatic carbocycles. The lowest BCUT2D eigenvalue weighted by atomic mass is 9.99. The number of pyridine rings is 1. The lowest BCUT2D eigenvalue weighted by Crippen LogP contribution is -2.49. The monoisotopic (exact) mass is 296 g/mol. The van der Waals surface area contributed by atoms with Crippen LogP contribution in [0.25, 0.3) is 0 Å². The van der Waals surface area contributed by atoms with Crippen LogP contribution in [0.1, 0.15) is 23.2 Å². The Kier molecular flexibility index (Phi) is 3.50. The number of aryl methyl sites for hydroxylation is 2. The summed E-state index contributed by atoms with van der Waals surface area (Å²) in [5.41, 5.74) is 3.60. The van der Waals surface area contributed by atoms with Gasteiger partial charge in [0.05, 0.1) is 12.2 Å². The van der Waals surface area contributed by atoms with Gasteiger partial charge in [0, 0.05) is 44.0 Å². The molecular weight excluding hydrogens is 276 g/mol. The van der Waals surface area contributed by atoms with E-state index in [0.29, 0.717) is 5.92 Å². The van der Waals surface area contributed by atoms with E-state index in [1.165, 1.54) is 5.56 Å². The van der Waals surface area contributed by atoms with Crippen LogP contribution in [0.15, 0.2) is 35.4 Å². The molecule has 2 aromatic heterocycles. The average Bonchev–Trinajstić information content (AvgIpc) is 2.93. The minimum atomic E-state index is 0.0614. The van der Waals surface area contributed by atoms with Gasteiger partial charge in [0.15, 0.2) is 0 Å². The lowest BCUT2D eigenvalue weighted by Gasteiger charge is -2.39. The molecule has 5 heteroatoms. The molecule has 0 N–H and O–H groups in total. The Labute approximate surface area is 129 Å². The molecule has 4 rings (SSSR count). The molecule has 22 heavy (non-hydrogen) atoms. The van der Waals surface area contributed by atoms with Crippen LogP contribution in [0.2, 0.25) is 0 Å². The molecule has 114 valence electrons. The predicted molar refractivity (Wildman–Crippen MR) is 83.5 cm³/mol. The SMILES string of the molecule is O=c1cc2c(nn1CC1CN(Cc3cccnc3)C1)CCC2. The maximum absolute atomic E-state index is 12.1. The molecule has 0 bridgehead atoms. The quantitative estimate of drug-likeness (QED) is 0.852. The van der Waals surface area contributed by atoms with Crippen molar-refractivity contribution in [2.24, 2.45) is 5.92 Å². The fraction of sp³-hybridized carbons (Fsp3) is 0.471. The van der Waals surface area contributed by atoms with Crippen molar-refractivity contribution in [3.63, 3.8) is 0 Å². The first-order valence-electron chi connectivity index (χ1n) is 7.99. The van der Waals surface area contributed by atoms with Crippen molar-refractivity contribution in [1.29, 1.82) is 0 Å². The van der Waals surface area contributed by atoms with Crippen molar-refractivity contribution in [2.75, 3.05) is 13.1 Å². The van der Waals surface area contributed by atoms with Gasteiger partial charge in [0.1, 0.15) is 0 Å². The maximum Gasteiger partial charge on any atom is 0.267 e. The standard InChI is InChI=1S/C17H20N4O/c22-17-7-15-4-1-5-16(15)19-21(17)12-14-10-20(11-14)9-13-3-2-6-18-8-13/h2-3,6-8,14H,1,4-5,9-12H2. The van der Waals surface area contributed by atoms with Gasteiger partial charge in [-0.3, -0.25) is 14.7 Å². The van der Waals surface area contributed by atoms with Crippen LogP contribution in [-0.2, 0) is 25.9 Å². The summed E-state index contributed by atoms with van der Waals surface area (Å²) in [6.07, 6.45) is 6.89. The summed E-state index contributed by atoms with van der Waals surface area (Å²) in [7, 11) is 0. The molecular formula is C17H20N4O. The summed E-state index contributed by atoms with van der Waals surface area (Å²) in [4.78, 5) is 18.6. The van der Waals surface area contributed by atoms with E-state index < -0.39 is 0 Å². The Morgan fingerprint density at radius 3 is 3.00 bits per heavy atom. The van der Waals surface area contributed by atoms with Crippen molar-refractivity contribution < 1.29 is 0 Å². The molecule has 0 saturated carbocycles. The first-order valence-corrected chi connectivity index (χ1v) is 7.99. The van der Waals surface area contributed by atoms with E-state index in [0.717, 1.165) is 56.7 Å². The van der Waals surface area contributed by atoms with Gasteiger partial charge in [0.2, 0.25) is 0 Å². The second-order valence-corrected chi connectivity index (χ2v) is 6.41. The smallest absolute Gasteiger partial charge is 0.267 e. The van der Waals surface area contributed by atoms with Gasteiger partial charge in [-0.15, -0.1) is 0 Å². The molecule has 0 unspecified atom stereocenters. The summed E-state index contributed by atoms with van der Waals surface area (Å²) in [5, 5.41) is 4.56. The second-order valence-electron chi connectivity index (χ2n) is 6.41. The van der Waals surface area contributed by atoms with Crippen LogP contribution in [-0.4, -0.2) is 32.8 Å².